The third-order valence-corrected chi connectivity index (χ3v) is 2.94. The van der Waals surface area contributed by atoms with Gasteiger partial charge in [0.15, 0.2) is 0 Å². The standard InChI is InChI=1S/C14H17N5/c1-19(7-6-15)9-13-14(18-10-17-13)12-4-2-11(8-16)3-5-12/h2-5,10H,6-7,9,15H2,1H3,(H,17,18). The van der Waals surface area contributed by atoms with Gasteiger partial charge < -0.3 is 10.7 Å². The highest BCUT2D eigenvalue weighted by Gasteiger charge is 2.10. The van der Waals surface area contributed by atoms with Crippen LogP contribution in [0.15, 0.2) is 30.6 Å². The first-order valence-electron chi connectivity index (χ1n) is 6.16. The highest BCUT2D eigenvalue weighted by atomic mass is 15.1. The van der Waals surface area contributed by atoms with E-state index in [2.05, 4.69) is 20.9 Å². The molecule has 0 aliphatic heterocycles. The maximum atomic E-state index is 8.80. The van der Waals surface area contributed by atoms with Gasteiger partial charge in [-0.1, -0.05) is 12.1 Å². The van der Waals surface area contributed by atoms with E-state index in [-0.39, 0.29) is 0 Å². The first kappa shape index (κ1) is 13.3. The van der Waals surface area contributed by atoms with Gasteiger partial charge in [0, 0.05) is 25.2 Å². The molecule has 0 bridgehead atoms. The highest BCUT2D eigenvalue weighted by Crippen LogP contribution is 2.21. The van der Waals surface area contributed by atoms with Crippen molar-refractivity contribution in [1.29, 1.82) is 5.26 Å². The molecular weight excluding hydrogens is 238 g/mol. The molecule has 0 atom stereocenters. The number of aromatic amines is 1. The summed E-state index contributed by atoms with van der Waals surface area (Å²) in [5, 5.41) is 8.80. The van der Waals surface area contributed by atoms with Gasteiger partial charge in [0.25, 0.3) is 0 Å². The van der Waals surface area contributed by atoms with Crippen molar-refractivity contribution in [1.82, 2.24) is 14.9 Å². The SMILES string of the molecule is CN(CCN)Cc1[nH]cnc1-c1ccc(C#N)cc1. The third kappa shape index (κ3) is 3.19. The second-order valence-corrected chi connectivity index (χ2v) is 4.45. The minimum Gasteiger partial charge on any atom is -0.347 e. The lowest BCUT2D eigenvalue weighted by molar-refractivity contribution is 0.333. The van der Waals surface area contributed by atoms with E-state index in [0.29, 0.717) is 12.1 Å². The largest absolute Gasteiger partial charge is 0.347 e. The molecule has 2 rings (SSSR count). The summed E-state index contributed by atoms with van der Waals surface area (Å²) in [6.45, 7) is 2.25. The van der Waals surface area contributed by atoms with Crippen LogP contribution in [0, 0.1) is 11.3 Å². The molecule has 0 unspecified atom stereocenters. The number of imidazole rings is 1. The predicted octanol–water partition coefficient (Wildman–Crippen LogP) is 1.34. The smallest absolute Gasteiger partial charge is 0.0991 e. The number of nitriles is 1. The average Bonchev–Trinajstić information content (AvgIpc) is 2.87. The van der Waals surface area contributed by atoms with Crippen LogP contribution in [0.5, 0.6) is 0 Å². The van der Waals surface area contributed by atoms with Crippen molar-refractivity contribution in [3.8, 4) is 17.3 Å². The first-order chi connectivity index (χ1) is 9.24. The van der Waals surface area contributed by atoms with Crippen molar-refractivity contribution in [2.75, 3.05) is 20.1 Å². The van der Waals surface area contributed by atoms with Gasteiger partial charge in [-0.3, -0.25) is 4.90 Å². The molecule has 5 nitrogen and oxygen atoms in total. The fourth-order valence-electron chi connectivity index (χ4n) is 1.96. The molecule has 1 aromatic carbocycles. The van der Waals surface area contributed by atoms with E-state index in [1.807, 2.05) is 19.2 Å². The number of nitrogens with zero attached hydrogens (tertiary/aromatic N) is 3. The summed E-state index contributed by atoms with van der Waals surface area (Å²) in [5.41, 5.74) is 9.19. The Labute approximate surface area is 112 Å². The van der Waals surface area contributed by atoms with Gasteiger partial charge in [0.05, 0.1) is 29.3 Å². The predicted molar refractivity (Wildman–Crippen MR) is 74.1 cm³/mol. The Hall–Kier alpha value is -2.16. The maximum Gasteiger partial charge on any atom is 0.0991 e. The summed E-state index contributed by atoms with van der Waals surface area (Å²) in [5.74, 6) is 0. The molecule has 2 aromatic rings. The number of likely N-dealkylation sites (N-methyl/N-ethyl adjacent to an activating group) is 1. The number of hydrogen-bond acceptors (Lipinski definition) is 4. The molecule has 3 N–H and O–H groups in total. The van der Waals surface area contributed by atoms with Gasteiger partial charge >= 0.3 is 0 Å². The molecule has 0 spiro atoms. The number of benzene rings is 1. The van der Waals surface area contributed by atoms with Crippen molar-refractivity contribution < 1.29 is 0 Å². The minimum atomic E-state index is 0.636. The molecule has 1 heterocycles. The van der Waals surface area contributed by atoms with Gasteiger partial charge in [-0.05, 0) is 19.2 Å². The summed E-state index contributed by atoms with van der Waals surface area (Å²) in [4.78, 5) is 9.66. The average molecular weight is 255 g/mol. The van der Waals surface area contributed by atoms with E-state index in [9.17, 15) is 0 Å². The summed E-state index contributed by atoms with van der Waals surface area (Å²) in [7, 11) is 2.02. The van der Waals surface area contributed by atoms with Gasteiger partial charge in [-0.2, -0.15) is 5.26 Å². The molecular formula is C14H17N5. The van der Waals surface area contributed by atoms with Crippen LogP contribution in [-0.4, -0.2) is 35.0 Å². The summed E-state index contributed by atoms with van der Waals surface area (Å²) in [6, 6.07) is 9.55. The molecule has 98 valence electrons. The molecule has 0 amide bonds. The molecule has 0 saturated carbocycles. The lowest BCUT2D eigenvalue weighted by atomic mass is 10.1. The van der Waals surface area contributed by atoms with Crippen LogP contribution in [-0.2, 0) is 6.54 Å². The van der Waals surface area contributed by atoms with Crippen LogP contribution in [0.4, 0.5) is 0 Å². The summed E-state index contributed by atoms with van der Waals surface area (Å²) < 4.78 is 0. The Bertz CT molecular complexity index is 564. The Balaban J connectivity index is 2.21. The quantitative estimate of drug-likeness (QED) is 0.844. The molecule has 19 heavy (non-hydrogen) atoms. The van der Waals surface area contributed by atoms with Crippen molar-refractivity contribution in [3.05, 3.63) is 41.9 Å². The van der Waals surface area contributed by atoms with Crippen LogP contribution in [0.2, 0.25) is 0 Å². The van der Waals surface area contributed by atoms with Crippen LogP contribution >= 0.6 is 0 Å². The zero-order valence-corrected chi connectivity index (χ0v) is 10.9. The number of nitrogens with two attached hydrogens (primary N) is 1. The number of nitrogens with one attached hydrogen (secondary N) is 1. The van der Waals surface area contributed by atoms with Crippen LogP contribution < -0.4 is 5.73 Å². The van der Waals surface area contributed by atoms with E-state index >= 15 is 0 Å². The van der Waals surface area contributed by atoms with E-state index in [1.54, 1.807) is 18.5 Å². The van der Waals surface area contributed by atoms with E-state index in [1.165, 1.54) is 0 Å². The first-order valence-corrected chi connectivity index (χ1v) is 6.16. The second-order valence-electron chi connectivity index (χ2n) is 4.45. The fraction of sp³-hybridized carbons (Fsp3) is 0.286. The molecule has 0 fully saturated rings. The topological polar surface area (TPSA) is 81.7 Å². The number of aromatic nitrogens is 2. The Morgan fingerprint density at radius 2 is 2.11 bits per heavy atom. The van der Waals surface area contributed by atoms with Gasteiger partial charge in [0.2, 0.25) is 0 Å². The highest BCUT2D eigenvalue weighted by molar-refractivity contribution is 5.62. The van der Waals surface area contributed by atoms with E-state index < -0.39 is 0 Å². The Kier molecular flexibility index (Phi) is 4.29. The molecule has 1 aromatic heterocycles. The van der Waals surface area contributed by atoms with Crippen molar-refractivity contribution in [3.63, 3.8) is 0 Å². The van der Waals surface area contributed by atoms with E-state index in [0.717, 1.165) is 30.0 Å². The maximum absolute atomic E-state index is 8.80. The monoisotopic (exact) mass is 255 g/mol. The molecule has 0 aliphatic rings. The lowest BCUT2D eigenvalue weighted by Gasteiger charge is -2.15. The van der Waals surface area contributed by atoms with Crippen LogP contribution in [0.1, 0.15) is 11.3 Å². The third-order valence-electron chi connectivity index (χ3n) is 2.94. The van der Waals surface area contributed by atoms with Crippen molar-refractivity contribution in [2.45, 2.75) is 6.54 Å². The zero-order valence-electron chi connectivity index (χ0n) is 10.9. The number of H-pyrrole nitrogens is 1. The second kappa shape index (κ2) is 6.14. The molecule has 5 heteroatoms. The molecule has 0 saturated heterocycles. The van der Waals surface area contributed by atoms with E-state index in [4.69, 9.17) is 11.0 Å². The molecule has 0 aliphatic carbocycles. The van der Waals surface area contributed by atoms with Gasteiger partial charge in [-0.15, -0.1) is 0 Å². The summed E-state index contributed by atoms with van der Waals surface area (Å²) >= 11 is 0. The van der Waals surface area contributed by atoms with Crippen LogP contribution in [0.3, 0.4) is 0 Å². The van der Waals surface area contributed by atoms with Crippen molar-refractivity contribution in [2.24, 2.45) is 5.73 Å². The minimum absolute atomic E-state index is 0.636. The Morgan fingerprint density at radius 3 is 2.74 bits per heavy atom. The van der Waals surface area contributed by atoms with Crippen molar-refractivity contribution >= 4 is 0 Å². The normalized spacial score (nSPS) is 10.6. The fourth-order valence-corrected chi connectivity index (χ4v) is 1.96. The number of hydrogen-bond donors (Lipinski definition) is 2. The summed E-state index contributed by atoms with van der Waals surface area (Å²) in [6.07, 6.45) is 1.69. The van der Waals surface area contributed by atoms with Gasteiger partial charge in [0.1, 0.15) is 0 Å². The zero-order chi connectivity index (χ0) is 13.7. The van der Waals surface area contributed by atoms with Crippen LogP contribution in [0.25, 0.3) is 11.3 Å². The lowest BCUT2D eigenvalue weighted by Crippen LogP contribution is -2.25. The Morgan fingerprint density at radius 1 is 1.37 bits per heavy atom. The molecule has 0 radical (unpaired) electrons. The number of rotatable bonds is 5. The van der Waals surface area contributed by atoms with Gasteiger partial charge in [-0.25, -0.2) is 4.98 Å².